The van der Waals surface area contributed by atoms with E-state index in [1.165, 1.54) is 18.2 Å². The van der Waals surface area contributed by atoms with E-state index in [1.807, 2.05) is 13.8 Å². The maximum absolute atomic E-state index is 13.2. The minimum Gasteiger partial charge on any atom is -0.463 e. The molecule has 1 atom stereocenters. The molecule has 2 N–H and O–H groups in total. The minimum absolute atomic E-state index is 0.0264. The summed E-state index contributed by atoms with van der Waals surface area (Å²) in [5, 5.41) is 26.4. The van der Waals surface area contributed by atoms with Gasteiger partial charge in [0.25, 0.3) is 5.69 Å². The third-order valence-corrected chi connectivity index (χ3v) is 5.45. The van der Waals surface area contributed by atoms with Crippen LogP contribution in [0.2, 0.25) is 0 Å². The number of hydrogen-bond acceptors (Lipinski definition) is 10. The molecule has 184 valence electrons. The number of esters is 2. The molecule has 1 aromatic carbocycles. The summed E-state index contributed by atoms with van der Waals surface area (Å²) in [5.74, 6) is -2.48. The molecule has 1 unspecified atom stereocenters. The Labute approximate surface area is 197 Å². The van der Waals surface area contributed by atoms with Crippen molar-refractivity contribution in [3.05, 3.63) is 62.5 Å². The molecule has 1 aromatic rings. The zero-order valence-electron chi connectivity index (χ0n) is 19.7. The fraction of sp³-hybridized carbons (Fsp3) is 0.435. The number of likely N-dealkylation sites (N-methyl/N-ethyl adjacent to an activating group) is 1. The molecule has 0 saturated heterocycles. The number of oxime groups is 1. The number of allylic oxidation sites excluding steroid dienone is 2. The molecular formula is C23H30N4O7. The zero-order chi connectivity index (χ0) is 25.3. The molecule has 0 amide bonds. The lowest BCUT2D eigenvalue weighted by Crippen LogP contribution is -2.35. The van der Waals surface area contributed by atoms with Gasteiger partial charge in [-0.2, -0.15) is 0 Å². The maximum atomic E-state index is 13.2. The molecule has 0 bridgehead atoms. The van der Waals surface area contributed by atoms with Gasteiger partial charge in [-0.15, -0.1) is 0 Å². The fourth-order valence-corrected chi connectivity index (χ4v) is 3.76. The Bertz CT molecular complexity index is 1010. The van der Waals surface area contributed by atoms with Crippen LogP contribution < -0.4 is 5.32 Å². The molecule has 34 heavy (non-hydrogen) atoms. The molecule has 1 heterocycles. The van der Waals surface area contributed by atoms with Crippen LogP contribution in [0.15, 0.2) is 52.0 Å². The van der Waals surface area contributed by atoms with Gasteiger partial charge in [0.05, 0.1) is 40.5 Å². The summed E-state index contributed by atoms with van der Waals surface area (Å²) in [6.45, 7) is 9.55. The molecule has 0 saturated carbocycles. The van der Waals surface area contributed by atoms with E-state index in [0.29, 0.717) is 17.8 Å². The number of nitrogens with one attached hydrogen (secondary N) is 1. The Kier molecular flexibility index (Phi) is 9.75. The molecular weight excluding hydrogens is 444 g/mol. The largest absolute Gasteiger partial charge is 0.463 e. The summed E-state index contributed by atoms with van der Waals surface area (Å²) in [6, 6.07) is 5.65. The zero-order valence-corrected chi connectivity index (χ0v) is 19.7. The van der Waals surface area contributed by atoms with Crippen molar-refractivity contribution in [1.29, 1.82) is 0 Å². The lowest BCUT2D eigenvalue weighted by Gasteiger charge is -2.30. The molecule has 2 rings (SSSR count). The van der Waals surface area contributed by atoms with Crippen LogP contribution in [0.1, 0.15) is 39.2 Å². The Morgan fingerprint density at radius 3 is 2.47 bits per heavy atom. The standard InChI is InChI=1S/C23H30N4O7/c1-5-26(6-2)11-12-34-22(28)19-15(4)25-18(14-24-30)21(23(29)33-7-3)20(19)16-9-8-10-17(13-16)27(31)32/h8-10,13-14,20,25,30H,5-7,11-12H2,1-4H3. The van der Waals surface area contributed by atoms with Crippen molar-refractivity contribution in [2.45, 2.75) is 33.6 Å². The Hall–Kier alpha value is -3.73. The molecule has 0 fully saturated rings. The first-order valence-corrected chi connectivity index (χ1v) is 11.0. The predicted octanol–water partition coefficient (Wildman–Crippen LogP) is 2.72. The van der Waals surface area contributed by atoms with Gasteiger partial charge in [0.2, 0.25) is 0 Å². The van der Waals surface area contributed by atoms with Crippen LogP contribution in [-0.4, -0.2) is 66.0 Å². The number of ether oxygens (including phenoxy) is 2. The summed E-state index contributed by atoms with van der Waals surface area (Å²) >= 11 is 0. The van der Waals surface area contributed by atoms with E-state index in [2.05, 4.69) is 15.4 Å². The van der Waals surface area contributed by atoms with E-state index >= 15 is 0 Å². The number of benzene rings is 1. The summed E-state index contributed by atoms with van der Waals surface area (Å²) in [7, 11) is 0. The van der Waals surface area contributed by atoms with Gasteiger partial charge >= 0.3 is 11.9 Å². The summed E-state index contributed by atoms with van der Waals surface area (Å²) in [4.78, 5) is 39.1. The number of hydrogen-bond donors (Lipinski definition) is 2. The van der Waals surface area contributed by atoms with Crippen molar-refractivity contribution in [3.63, 3.8) is 0 Å². The van der Waals surface area contributed by atoms with Crippen LogP contribution in [0.5, 0.6) is 0 Å². The SMILES string of the molecule is CCOC(=O)C1=C(C=NO)NC(C)=C(C(=O)OCCN(CC)CC)C1c1cccc([N+](=O)[O-])c1. The summed E-state index contributed by atoms with van der Waals surface area (Å²) in [6.07, 6.45) is 1.02. The molecule has 0 aromatic heterocycles. The van der Waals surface area contributed by atoms with Gasteiger partial charge in [0, 0.05) is 24.4 Å². The van der Waals surface area contributed by atoms with Crippen LogP contribution >= 0.6 is 0 Å². The third kappa shape index (κ3) is 6.19. The molecule has 0 radical (unpaired) electrons. The van der Waals surface area contributed by atoms with E-state index in [1.54, 1.807) is 19.9 Å². The third-order valence-electron chi connectivity index (χ3n) is 5.45. The Morgan fingerprint density at radius 1 is 1.21 bits per heavy atom. The van der Waals surface area contributed by atoms with E-state index in [-0.39, 0.29) is 35.7 Å². The molecule has 11 nitrogen and oxygen atoms in total. The van der Waals surface area contributed by atoms with Crippen LogP contribution in [0.4, 0.5) is 5.69 Å². The predicted molar refractivity (Wildman–Crippen MR) is 124 cm³/mol. The number of carbonyl (C=O) groups is 2. The first kappa shape index (κ1) is 26.5. The molecule has 0 aliphatic carbocycles. The van der Waals surface area contributed by atoms with Gasteiger partial charge in [0.1, 0.15) is 6.61 Å². The smallest absolute Gasteiger partial charge is 0.337 e. The van der Waals surface area contributed by atoms with Crippen molar-refractivity contribution < 1.29 is 29.2 Å². The van der Waals surface area contributed by atoms with Gasteiger partial charge in [-0.05, 0) is 32.5 Å². The fourth-order valence-electron chi connectivity index (χ4n) is 3.76. The number of carbonyl (C=O) groups excluding carboxylic acids is 2. The number of rotatable bonds is 11. The highest BCUT2D eigenvalue weighted by Gasteiger charge is 2.39. The van der Waals surface area contributed by atoms with E-state index in [4.69, 9.17) is 14.7 Å². The second kappa shape index (κ2) is 12.5. The highest BCUT2D eigenvalue weighted by Crippen LogP contribution is 2.40. The van der Waals surface area contributed by atoms with Gasteiger partial charge < -0.3 is 24.9 Å². The normalized spacial score (nSPS) is 16.1. The van der Waals surface area contributed by atoms with E-state index in [9.17, 15) is 19.7 Å². The van der Waals surface area contributed by atoms with Crippen molar-refractivity contribution in [2.24, 2.45) is 5.16 Å². The van der Waals surface area contributed by atoms with Crippen molar-refractivity contribution >= 4 is 23.8 Å². The lowest BCUT2D eigenvalue weighted by atomic mass is 9.80. The lowest BCUT2D eigenvalue weighted by molar-refractivity contribution is -0.384. The van der Waals surface area contributed by atoms with Crippen LogP contribution in [0.3, 0.4) is 0 Å². The number of nitrogens with zero attached hydrogens (tertiary/aromatic N) is 3. The first-order valence-electron chi connectivity index (χ1n) is 11.0. The van der Waals surface area contributed by atoms with E-state index in [0.717, 1.165) is 19.3 Å². The molecule has 11 heteroatoms. The van der Waals surface area contributed by atoms with Gasteiger partial charge in [-0.1, -0.05) is 31.1 Å². The molecule has 1 aliphatic rings. The highest BCUT2D eigenvalue weighted by molar-refractivity contribution is 6.04. The topological polar surface area (TPSA) is 144 Å². The van der Waals surface area contributed by atoms with E-state index < -0.39 is 22.8 Å². The summed E-state index contributed by atoms with van der Waals surface area (Å²) < 4.78 is 10.7. The quantitative estimate of drug-likeness (QED) is 0.163. The molecule has 0 spiro atoms. The average molecular weight is 475 g/mol. The average Bonchev–Trinajstić information content (AvgIpc) is 2.81. The minimum atomic E-state index is -1.05. The van der Waals surface area contributed by atoms with Crippen LogP contribution in [0.25, 0.3) is 0 Å². The van der Waals surface area contributed by atoms with Crippen LogP contribution in [0, 0.1) is 10.1 Å². The Balaban J connectivity index is 2.59. The second-order valence-corrected chi connectivity index (χ2v) is 7.40. The highest BCUT2D eigenvalue weighted by atomic mass is 16.6. The van der Waals surface area contributed by atoms with Crippen LogP contribution in [-0.2, 0) is 19.1 Å². The number of dihydropyridines is 1. The number of non-ortho nitro benzene ring substituents is 1. The van der Waals surface area contributed by atoms with Crippen molar-refractivity contribution in [1.82, 2.24) is 10.2 Å². The first-order chi connectivity index (χ1) is 16.3. The monoisotopic (exact) mass is 474 g/mol. The van der Waals surface area contributed by atoms with Crippen molar-refractivity contribution in [2.75, 3.05) is 32.8 Å². The van der Waals surface area contributed by atoms with Crippen molar-refractivity contribution in [3.8, 4) is 0 Å². The van der Waals surface area contributed by atoms with Gasteiger partial charge in [0.15, 0.2) is 0 Å². The maximum Gasteiger partial charge on any atom is 0.337 e. The summed E-state index contributed by atoms with van der Waals surface area (Å²) in [5.41, 5.74) is 0.655. The van der Waals surface area contributed by atoms with Gasteiger partial charge in [-0.3, -0.25) is 10.1 Å². The molecule has 1 aliphatic heterocycles. The van der Waals surface area contributed by atoms with Gasteiger partial charge in [-0.25, -0.2) is 9.59 Å². The number of nitro benzene ring substituents is 1. The second-order valence-electron chi connectivity index (χ2n) is 7.40. The Morgan fingerprint density at radius 2 is 1.88 bits per heavy atom. The number of nitro groups is 1.